The zero-order valence-corrected chi connectivity index (χ0v) is 12.3. The molecule has 0 fully saturated rings. The van der Waals surface area contributed by atoms with Crippen molar-refractivity contribution in [2.45, 2.75) is 5.33 Å². The third-order valence-electron chi connectivity index (χ3n) is 2.80. The Balaban J connectivity index is 2.24. The lowest BCUT2D eigenvalue weighted by Gasteiger charge is -2.07. The number of halogens is 1. The summed E-state index contributed by atoms with van der Waals surface area (Å²) in [5.41, 5.74) is 1.08. The van der Waals surface area contributed by atoms with E-state index in [4.69, 9.17) is 0 Å². The molecule has 2 aromatic carbocycles. The quantitative estimate of drug-likeness (QED) is 0.382. The molecule has 2 aromatic rings. The number of rotatable bonds is 4. The number of hydrogen-bond donors (Lipinski definition) is 2. The number of phenolic OH excluding ortho intramolecular Hbond substituents is 1. The Bertz CT molecular complexity index is 686. The average Bonchev–Trinajstić information content (AvgIpc) is 2.49. The number of hydrogen-bond acceptors (Lipinski definition) is 4. The van der Waals surface area contributed by atoms with Crippen LogP contribution in [-0.4, -0.2) is 15.9 Å². The van der Waals surface area contributed by atoms with Crippen LogP contribution in [-0.2, 0) is 5.33 Å². The summed E-state index contributed by atoms with van der Waals surface area (Å²) in [6.07, 6.45) is 0. The van der Waals surface area contributed by atoms with E-state index in [1.54, 1.807) is 24.3 Å². The van der Waals surface area contributed by atoms with E-state index >= 15 is 0 Å². The molecule has 0 spiro atoms. The first-order valence-electron chi connectivity index (χ1n) is 5.95. The molecule has 21 heavy (non-hydrogen) atoms. The third kappa shape index (κ3) is 3.57. The van der Waals surface area contributed by atoms with Crippen molar-refractivity contribution in [1.29, 1.82) is 0 Å². The molecule has 0 radical (unpaired) electrons. The van der Waals surface area contributed by atoms with Crippen LogP contribution in [0.3, 0.4) is 0 Å². The van der Waals surface area contributed by atoms with Crippen LogP contribution in [0.1, 0.15) is 15.9 Å². The minimum atomic E-state index is -0.663. The zero-order chi connectivity index (χ0) is 15.4. The van der Waals surface area contributed by atoms with Gasteiger partial charge >= 0.3 is 0 Å². The number of amides is 1. The van der Waals surface area contributed by atoms with Crippen molar-refractivity contribution in [1.82, 2.24) is 0 Å². The highest BCUT2D eigenvalue weighted by Gasteiger charge is 2.17. The molecule has 0 unspecified atom stereocenters. The molecule has 0 atom stereocenters. The van der Waals surface area contributed by atoms with Crippen molar-refractivity contribution >= 4 is 33.2 Å². The number of nitro groups is 1. The van der Waals surface area contributed by atoms with E-state index in [0.717, 1.165) is 11.6 Å². The van der Waals surface area contributed by atoms with Crippen LogP contribution in [0.15, 0.2) is 42.5 Å². The summed E-state index contributed by atoms with van der Waals surface area (Å²) in [6, 6.07) is 10.4. The second kappa shape index (κ2) is 6.36. The van der Waals surface area contributed by atoms with Gasteiger partial charge in [0.05, 0.1) is 11.0 Å². The van der Waals surface area contributed by atoms with E-state index < -0.39 is 10.8 Å². The van der Waals surface area contributed by atoms with Crippen molar-refractivity contribution in [3.63, 3.8) is 0 Å². The second-order valence-corrected chi connectivity index (χ2v) is 4.80. The number of nitrogens with zero attached hydrogens (tertiary/aromatic N) is 1. The van der Waals surface area contributed by atoms with Gasteiger partial charge in [0.2, 0.25) is 0 Å². The predicted molar refractivity (Wildman–Crippen MR) is 81.8 cm³/mol. The van der Waals surface area contributed by atoms with Gasteiger partial charge in [0.15, 0.2) is 0 Å². The second-order valence-electron chi connectivity index (χ2n) is 4.24. The number of carbonyl (C=O) groups is 1. The fourth-order valence-corrected chi connectivity index (χ4v) is 2.09. The van der Waals surface area contributed by atoms with Gasteiger partial charge in [-0.25, -0.2) is 0 Å². The number of aromatic hydroxyl groups is 1. The summed E-state index contributed by atoms with van der Waals surface area (Å²) in [4.78, 5) is 22.3. The Labute approximate surface area is 128 Å². The van der Waals surface area contributed by atoms with Crippen molar-refractivity contribution in [3.05, 3.63) is 63.7 Å². The normalized spacial score (nSPS) is 10.1. The molecule has 0 aliphatic rings. The lowest BCUT2D eigenvalue weighted by Crippen LogP contribution is -2.13. The Hall–Kier alpha value is -2.41. The first-order chi connectivity index (χ1) is 10.0. The number of nitrogens with one attached hydrogen (secondary N) is 1. The highest BCUT2D eigenvalue weighted by Crippen LogP contribution is 2.28. The molecule has 0 heterocycles. The van der Waals surface area contributed by atoms with E-state index in [0.29, 0.717) is 10.9 Å². The van der Waals surface area contributed by atoms with Gasteiger partial charge in [0.25, 0.3) is 11.6 Å². The van der Waals surface area contributed by atoms with Crippen LogP contribution in [0.2, 0.25) is 0 Å². The molecule has 2 rings (SSSR count). The summed E-state index contributed by atoms with van der Waals surface area (Å²) < 4.78 is 0. The van der Waals surface area contributed by atoms with Crippen LogP contribution < -0.4 is 5.32 Å². The van der Waals surface area contributed by atoms with Gasteiger partial charge in [0, 0.05) is 10.9 Å². The molecule has 2 N–H and O–H groups in total. The summed E-state index contributed by atoms with van der Waals surface area (Å²) in [7, 11) is 0. The van der Waals surface area contributed by atoms with Crippen molar-refractivity contribution in [2.24, 2.45) is 0 Å². The van der Waals surface area contributed by atoms with Crippen molar-refractivity contribution in [2.75, 3.05) is 5.32 Å². The Kier molecular flexibility index (Phi) is 4.54. The molecular weight excluding hydrogens is 340 g/mol. The van der Waals surface area contributed by atoms with Gasteiger partial charge in [-0.05, 0) is 29.8 Å². The number of nitro benzene ring substituents is 1. The van der Waals surface area contributed by atoms with Gasteiger partial charge in [-0.3, -0.25) is 14.9 Å². The molecule has 0 aromatic heterocycles. The van der Waals surface area contributed by atoms with Crippen LogP contribution in [0.4, 0.5) is 11.4 Å². The van der Waals surface area contributed by atoms with E-state index in [1.807, 2.05) is 0 Å². The maximum absolute atomic E-state index is 12.1. The Morgan fingerprint density at radius 1 is 1.24 bits per heavy atom. The molecule has 0 aliphatic carbocycles. The van der Waals surface area contributed by atoms with Crippen LogP contribution in [0.5, 0.6) is 5.75 Å². The van der Waals surface area contributed by atoms with E-state index in [1.165, 1.54) is 12.1 Å². The lowest BCUT2D eigenvalue weighted by atomic mass is 10.1. The number of anilines is 1. The lowest BCUT2D eigenvalue weighted by molar-refractivity contribution is -0.384. The molecule has 0 bridgehead atoms. The summed E-state index contributed by atoms with van der Waals surface area (Å²) >= 11 is 3.31. The summed E-state index contributed by atoms with van der Waals surface area (Å²) in [5.74, 6) is -0.689. The van der Waals surface area contributed by atoms with E-state index in [2.05, 4.69) is 21.2 Å². The molecule has 0 saturated heterocycles. The molecule has 108 valence electrons. The predicted octanol–water partition coefficient (Wildman–Crippen LogP) is 3.45. The fourth-order valence-electron chi connectivity index (χ4n) is 1.72. The highest BCUT2D eigenvalue weighted by atomic mass is 79.9. The fraction of sp³-hybridized carbons (Fsp3) is 0.0714. The number of carbonyl (C=O) groups excluding carboxylic acids is 1. The third-order valence-corrected chi connectivity index (χ3v) is 3.44. The SMILES string of the molecule is O=C(Nc1ccc(O)cc1[N+](=O)[O-])c1ccc(CBr)cc1. The first-order valence-corrected chi connectivity index (χ1v) is 7.07. The van der Waals surface area contributed by atoms with Crippen molar-refractivity contribution in [3.8, 4) is 5.75 Å². The standard InChI is InChI=1S/C14H11BrN2O4/c15-8-9-1-3-10(4-2-9)14(19)16-12-6-5-11(18)7-13(12)17(20)21/h1-7,18H,8H2,(H,16,19). The minimum absolute atomic E-state index is 0.0346. The van der Waals surface area contributed by atoms with Gasteiger partial charge in [-0.15, -0.1) is 0 Å². The number of benzene rings is 2. The maximum Gasteiger partial charge on any atom is 0.296 e. The van der Waals surface area contributed by atoms with Crippen molar-refractivity contribution < 1.29 is 14.8 Å². The molecular formula is C14H11BrN2O4. The monoisotopic (exact) mass is 350 g/mol. The average molecular weight is 351 g/mol. The molecule has 0 aliphatic heterocycles. The molecule has 1 amide bonds. The van der Waals surface area contributed by atoms with Crippen LogP contribution in [0.25, 0.3) is 0 Å². The Morgan fingerprint density at radius 3 is 2.48 bits per heavy atom. The Morgan fingerprint density at radius 2 is 1.90 bits per heavy atom. The van der Waals surface area contributed by atoms with E-state index in [-0.39, 0.29) is 17.1 Å². The summed E-state index contributed by atoms with van der Waals surface area (Å²) in [5, 5.41) is 23.3. The minimum Gasteiger partial charge on any atom is -0.508 e. The zero-order valence-electron chi connectivity index (χ0n) is 10.7. The summed E-state index contributed by atoms with van der Waals surface area (Å²) in [6.45, 7) is 0. The largest absolute Gasteiger partial charge is 0.508 e. The maximum atomic E-state index is 12.1. The van der Waals surface area contributed by atoms with Gasteiger partial charge < -0.3 is 10.4 Å². The highest BCUT2D eigenvalue weighted by molar-refractivity contribution is 9.08. The first kappa shape index (κ1) is 15.0. The molecule has 0 saturated carbocycles. The van der Waals surface area contributed by atoms with Crippen LogP contribution >= 0.6 is 15.9 Å². The number of alkyl halides is 1. The van der Waals surface area contributed by atoms with Crippen LogP contribution in [0, 0.1) is 10.1 Å². The number of phenols is 1. The molecule has 6 nitrogen and oxygen atoms in total. The van der Waals surface area contributed by atoms with E-state index in [9.17, 15) is 20.0 Å². The van der Waals surface area contributed by atoms with Gasteiger partial charge in [0.1, 0.15) is 11.4 Å². The molecule has 7 heteroatoms. The smallest absolute Gasteiger partial charge is 0.296 e. The van der Waals surface area contributed by atoms with Gasteiger partial charge in [-0.2, -0.15) is 0 Å². The van der Waals surface area contributed by atoms with Gasteiger partial charge in [-0.1, -0.05) is 28.1 Å². The topological polar surface area (TPSA) is 92.5 Å².